The van der Waals surface area contributed by atoms with Gasteiger partial charge in [0.15, 0.2) is 0 Å². The van der Waals surface area contributed by atoms with E-state index in [1.807, 2.05) is 20.8 Å². The smallest absolute Gasteiger partial charge is 0.407 e. The molecule has 1 N–H and O–H groups in total. The molecule has 0 aliphatic heterocycles. The monoisotopic (exact) mass is 243 g/mol. The van der Waals surface area contributed by atoms with Crippen molar-refractivity contribution in [2.75, 3.05) is 20.3 Å². The summed E-state index contributed by atoms with van der Waals surface area (Å²) in [6, 6.07) is 0. The van der Waals surface area contributed by atoms with E-state index in [4.69, 9.17) is 4.74 Å². The molecule has 0 aromatic heterocycles. The Labute approximate surface area is 104 Å². The molecule has 1 fully saturated rings. The summed E-state index contributed by atoms with van der Waals surface area (Å²) in [6.07, 6.45) is 3.67. The molecule has 4 nitrogen and oxygen atoms in total. The summed E-state index contributed by atoms with van der Waals surface area (Å²) in [4.78, 5) is 12.9. The lowest BCUT2D eigenvalue weighted by Gasteiger charge is -2.40. The highest BCUT2D eigenvalue weighted by Crippen LogP contribution is 2.40. The van der Waals surface area contributed by atoms with Crippen LogP contribution in [0.4, 0.5) is 4.79 Å². The molecule has 0 bridgehead atoms. The second-order valence-corrected chi connectivity index (χ2v) is 6.18. The van der Waals surface area contributed by atoms with E-state index in [-0.39, 0.29) is 11.0 Å². The van der Waals surface area contributed by atoms with Crippen molar-refractivity contribution in [2.45, 2.75) is 52.0 Å². The standard InChI is InChI=1S/C13H25NO3/c1-12(2,3)14(11(15)16)9-13(10-17-4)7-5-6-8-13/h5-10H2,1-4H3,(H,15,16). The third-order valence-corrected chi connectivity index (χ3v) is 3.65. The van der Waals surface area contributed by atoms with Crippen LogP contribution in [0.25, 0.3) is 0 Å². The minimum Gasteiger partial charge on any atom is -0.465 e. The first-order valence-electron chi connectivity index (χ1n) is 6.30. The molecule has 0 atom stereocenters. The summed E-state index contributed by atoms with van der Waals surface area (Å²) < 4.78 is 5.30. The van der Waals surface area contributed by atoms with E-state index in [1.165, 1.54) is 12.8 Å². The fourth-order valence-electron chi connectivity index (χ4n) is 2.71. The van der Waals surface area contributed by atoms with E-state index in [0.717, 1.165) is 12.8 Å². The zero-order valence-electron chi connectivity index (χ0n) is 11.5. The fourth-order valence-corrected chi connectivity index (χ4v) is 2.71. The second kappa shape index (κ2) is 5.25. The first-order chi connectivity index (χ1) is 7.81. The Balaban J connectivity index is 2.80. The third kappa shape index (κ3) is 3.60. The summed E-state index contributed by atoms with van der Waals surface area (Å²) >= 11 is 0. The topological polar surface area (TPSA) is 49.8 Å². The Morgan fingerprint density at radius 2 is 1.88 bits per heavy atom. The molecule has 1 rings (SSSR count). The molecule has 0 aromatic rings. The zero-order chi connectivity index (χ0) is 13.1. The highest BCUT2D eigenvalue weighted by molar-refractivity contribution is 5.66. The maximum atomic E-state index is 11.4. The van der Waals surface area contributed by atoms with E-state index in [1.54, 1.807) is 12.0 Å². The summed E-state index contributed by atoms with van der Waals surface area (Å²) in [6.45, 7) is 7.07. The van der Waals surface area contributed by atoms with Crippen LogP contribution in [0.3, 0.4) is 0 Å². The Kier molecular flexibility index (Phi) is 4.42. The van der Waals surface area contributed by atoms with Gasteiger partial charge in [0.1, 0.15) is 0 Å². The zero-order valence-corrected chi connectivity index (χ0v) is 11.5. The number of carbonyl (C=O) groups is 1. The van der Waals surface area contributed by atoms with Gasteiger partial charge >= 0.3 is 6.09 Å². The van der Waals surface area contributed by atoms with Crippen molar-refractivity contribution >= 4 is 6.09 Å². The van der Waals surface area contributed by atoms with Gasteiger partial charge in [-0.05, 0) is 33.6 Å². The van der Waals surface area contributed by atoms with Crippen LogP contribution in [0.15, 0.2) is 0 Å². The van der Waals surface area contributed by atoms with Crippen LogP contribution >= 0.6 is 0 Å². The van der Waals surface area contributed by atoms with Crippen LogP contribution in [-0.4, -0.2) is 41.9 Å². The van der Waals surface area contributed by atoms with E-state index >= 15 is 0 Å². The lowest BCUT2D eigenvalue weighted by Crippen LogP contribution is -2.51. The van der Waals surface area contributed by atoms with Gasteiger partial charge in [0, 0.05) is 24.6 Å². The van der Waals surface area contributed by atoms with Gasteiger partial charge in [0.05, 0.1) is 6.61 Å². The number of nitrogens with zero attached hydrogens (tertiary/aromatic N) is 1. The minimum atomic E-state index is -0.833. The van der Waals surface area contributed by atoms with Crippen LogP contribution < -0.4 is 0 Å². The lowest BCUT2D eigenvalue weighted by atomic mass is 9.85. The summed E-state index contributed by atoms with van der Waals surface area (Å²) in [7, 11) is 1.70. The first-order valence-corrected chi connectivity index (χ1v) is 6.30. The molecular formula is C13H25NO3. The van der Waals surface area contributed by atoms with Crippen LogP contribution in [0.1, 0.15) is 46.5 Å². The highest BCUT2D eigenvalue weighted by Gasteiger charge is 2.39. The van der Waals surface area contributed by atoms with E-state index in [2.05, 4.69) is 0 Å². The molecule has 1 saturated carbocycles. The van der Waals surface area contributed by atoms with Crippen molar-refractivity contribution in [3.05, 3.63) is 0 Å². The Morgan fingerprint density at radius 1 is 1.35 bits per heavy atom. The third-order valence-electron chi connectivity index (χ3n) is 3.65. The first kappa shape index (κ1) is 14.3. The molecule has 1 aliphatic rings. The molecule has 4 heteroatoms. The minimum absolute atomic E-state index is 0.0282. The molecule has 17 heavy (non-hydrogen) atoms. The maximum absolute atomic E-state index is 11.4. The van der Waals surface area contributed by atoms with Crippen molar-refractivity contribution in [3.63, 3.8) is 0 Å². The average Bonchev–Trinajstić information content (AvgIpc) is 2.62. The van der Waals surface area contributed by atoms with Gasteiger partial charge in [-0.2, -0.15) is 0 Å². The van der Waals surface area contributed by atoms with Crippen LogP contribution in [0.5, 0.6) is 0 Å². The quantitative estimate of drug-likeness (QED) is 0.825. The molecule has 1 aliphatic carbocycles. The largest absolute Gasteiger partial charge is 0.465 e. The van der Waals surface area contributed by atoms with Gasteiger partial charge in [0.25, 0.3) is 0 Å². The number of rotatable bonds is 4. The molecule has 0 unspecified atom stereocenters. The molecule has 1 amide bonds. The SMILES string of the molecule is COCC1(CN(C(=O)O)C(C)(C)C)CCCC1. The van der Waals surface area contributed by atoms with Crippen molar-refractivity contribution in [3.8, 4) is 0 Å². The summed E-state index contributed by atoms with van der Waals surface area (Å²) in [5.41, 5.74) is -0.324. The summed E-state index contributed by atoms with van der Waals surface area (Å²) in [5.74, 6) is 0. The van der Waals surface area contributed by atoms with Crippen LogP contribution in [0.2, 0.25) is 0 Å². The van der Waals surface area contributed by atoms with Crippen molar-refractivity contribution in [1.29, 1.82) is 0 Å². The van der Waals surface area contributed by atoms with E-state index in [0.29, 0.717) is 13.2 Å². The van der Waals surface area contributed by atoms with Crippen LogP contribution in [0, 0.1) is 5.41 Å². The molecule has 0 aromatic carbocycles. The molecule has 0 spiro atoms. The van der Waals surface area contributed by atoms with Gasteiger partial charge in [0.2, 0.25) is 0 Å². The fraction of sp³-hybridized carbons (Fsp3) is 0.923. The molecule has 0 radical (unpaired) electrons. The highest BCUT2D eigenvalue weighted by atomic mass is 16.5. The second-order valence-electron chi connectivity index (χ2n) is 6.18. The van der Waals surface area contributed by atoms with E-state index in [9.17, 15) is 9.90 Å². The number of carboxylic acid groups (broad SMARTS) is 1. The van der Waals surface area contributed by atoms with Gasteiger partial charge in [-0.25, -0.2) is 4.79 Å². The average molecular weight is 243 g/mol. The predicted molar refractivity (Wildman–Crippen MR) is 67.3 cm³/mol. The van der Waals surface area contributed by atoms with Gasteiger partial charge in [-0.1, -0.05) is 12.8 Å². The maximum Gasteiger partial charge on any atom is 0.407 e. The predicted octanol–water partition coefficient (Wildman–Crippen LogP) is 2.97. The number of hydrogen-bond acceptors (Lipinski definition) is 2. The Bertz CT molecular complexity index is 264. The van der Waals surface area contributed by atoms with Crippen molar-refractivity contribution < 1.29 is 14.6 Å². The normalized spacial score (nSPS) is 19.3. The van der Waals surface area contributed by atoms with Gasteiger partial charge < -0.3 is 14.7 Å². The number of hydrogen-bond donors (Lipinski definition) is 1. The Morgan fingerprint density at radius 3 is 2.24 bits per heavy atom. The number of methoxy groups -OCH3 is 1. The van der Waals surface area contributed by atoms with Gasteiger partial charge in [-0.15, -0.1) is 0 Å². The number of ether oxygens (including phenoxy) is 1. The lowest BCUT2D eigenvalue weighted by molar-refractivity contribution is 0.0222. The summed E-state index contributed by atoms with van der Waals surface area (Å²) in [5, 5.41) is 9.34. The molecule has 100 valence electrons. The van der Waals surface area contributed by atoms with Crippen molar-refractivity contribution in [1.82, 2.24) is 4.90 Å². The van der Waals surface area contributed by atoms with Crippen LogP contribution in [-0.2, 0) is 4.74 Å². The number of amides is 1. The molecule has 0 heterocycles. The molecular weight excluding hydrogens is 218 g/mol. The van der Waals surface area contributed by atoms with Crippen molar-refractivity contribution in [2.24, 2.45) is 5.41 Å². The van der Waals surface area contributed by atoms with E-state index < -0.39 is 6.09 Å². The van der Waals surface area contributed by atoms with Gasteiger partial charge in [-0.3, -0.25) is 0 Å². The Hall–Kier alpha value is -0.770. The molecule has 0 saturated heterocycles.